The third-order valence-electron chi connectivity index (χ3n) is 6.57. The lowest BCUT2D eigenvalue weighted by Crippen LogP contribution is -2.26. The van der Waals surface area contributed by atoms with E-state index in [0.717, 1.165) is 16.9 Å². The van der Waals surface area contributed by atoms with Crippen LogP contribution < -0.4 is 5.73 Å². The Labute approximate surface area is 181 Å². The average molecular weight is 403 g/mol. The minimum absolute atomic E-state index is 0.291. The van der Waals surface area contributed by atoms with Gasteiger partial charge in [0, 0.05) is 17.5 Å². The Bertz CT molecular complexity index is 967. The van der Waals surface area contributed by atoms with E-state index in [4.69, 9.17) is 10.7 Å². The molecule has 2 N–H and O–H groups in total. The number of amides is 1. The number of aliphatic imine (C=N–C) groups is 1. The van der Waals surface area contributed by atoms with Crippen LogP contribution in [0.15, 0.2) is 64.8 Å². The van der Waals surface area contributed by atoms with Crippen LogP contribution >= 0.6 is 0 Å². The van der Waals surface area contributed by atoms with Crippen LogP contribution in [0, 0.1) is 6.92 Å². The van der Waals surface area contributed by atoms with Gasteiger partial charge in [-0.05, 0) is 79.4 Å². The predicted octanol–water partition coefficient (Wildman–Crippen LogP) is 6.34. The Balaban J connectivity index is 1.82. The number of hydrogen-bond donors (Lipinski definition) is 1. The Hall–Kier alpha value is -2.68. The van der Waals surface area contributed by atoms with Gasteiger partial charge < -0.3 is 5.73 Å². The summed E-state index contributed by atoms with van der Waals surface area (Å²) in [6.45, 7) is 8.79. The largest absolute Gasteiger partial charge is 0.366 e. The normalized spacial score (nSPS) is 19.7. The zero-order valence-corrected chi connectivity index (χ0v) is 18.8. The van der Waals surface area contributed by atoms with E-state index in [-0.39, 0.29) is 0 Å². The molecule has 158 valence electrons. The van der Waals surface area contributed by atoms with Crippen LogP contribution in [0.5, 0.6) is 0 Å². The number of aryl methyl sites for hydroxylation is 1. The maximum Gasteiger partial charge on any atom is 0.248 e. The molecule has 1 fully saturated rings. The predicted molar refractivity (Wildman–Crippen MR) is 127 cm³/mol. The van der Waals surface area contributed by atoms with Crippen molar-refractivity contribution in [2.45, 2.75) is 71.6 Å². The van der Waals surface area contributed by atoms with Gasteiger partial charge in [-0.25, -0.2) is 0 Å². The van der Waals surface area contributed by atoms with Crippen LogP contribution in [0.25, 0.3) is 5.57 Å². The molecule has 0 spiro atoms. The Morgan fingerprint density at radius 2 is 1.73 bits per heavy atom. The Morgan fingerprint density at radius 3 is 2.43 bits per heavy atom. The van der Waals surface area contributed by atoms with Gasteiger partial charge in [0.2, 0.25) is 5.91 Å². The van der Waals surface area contributed by atoms with Crippen molar-refractivity contribution in [3.63, 3.8) is 0 Å². The number of primary amides is 1. The number of carbonyl (C=O) groups excluding carboxylic acids is 1. The molecule has 0 bridgehead atoms. The van der Waals surface area contributed by atoms with E-state index in [1.165, 1.54) is 48.8 Å². The second-order valence-corrected chi connectivity index (χ2v) is 8.93. The number of hydrogen-bond acceptors (Lipinski definition) is 2. The number of benzene rings is 1. The summed E-state index contributed by atoms with van der Waals surface area (Å²) in [6, 6.07) is 6.84. The molecule has 1 amide bonds. The lowest BCUT2D eigenvalue weighted by Gasteiger charge is -2.35. The van der Waals surface area contributed by atoms with E-state index in [9.17, 15) is 4.79 Å². The smallest absolute Gasteiger partial charge is 0.248 e. The first-order valence-corrected chi connectivity index (χ1v) is 11.0. The molecular formula is C27H34N2O. The maximum atomic E-state index is 11.4. The van der Waals surface area contributed by atoms with Crippen LogP contribution in [0.4, 0.5) is 0 Å². The third-order valence-corrected chi connectivity index (χ3v) is 6.57. The zero-order chi connectivity index (χ0) is 21.7. The number of nitrogens with two attached hydrogens (primary N) is 1. The van der Waals surface area contributed by atoms with E-state index < -0.39 is 5.91 Å². The molecule has 3 heteroatoms. The van der Waals surface area contributed by atoms with Gasteiger partial charge in [-0.15, -0.1) is 0 Å². The van der Waals surface area contributed by atoms with Crippen molar-refractivity contribution in [1.82, 2.24) is 0 Å². The lowest BCUT2D eigenvalue weighted by molar-refractivity contribution is -0.114. The van der Waals surface area contributed by atoms with Crippen molar-refractivity contribution in [1.29, 1.82) is 0 Å². The van der Waals surface area contributed by atoms with Gasteiger partial charge in [0.1, 0.15) is 0 Å². The monoisotopic (exact) mass is 402 g/mol. The molecule has 3 nitrogen and oxygen atoms in total. The number of nitrogens with zero attached hydrogens (tertiary/aromatic N) is 1. The molecule has 2 aliphatic carbocycles. The van der Waals surface area contributed by atoms with Crippen molar-refractivity contribution in [3.8, 4) is 0 Å². The van der Waals surface area contributed by atoms with Gasteiger partial charge in [0.05, 0.1) is 0 Å². The third kappa shape index (κ3) is 5.08. The summed E-state index contributed by atoms with van der Waals surface area (Å²) >= 11 is 0. The van der Waals surface area contributed by atoms with E-state index in [0.29, 0.717) is 17.4 Å². The van der Waals surface area contributed by atoms with Gasteiger partial charge in [-0.2, -0.15) is 0 Å². The first-order chi connectivity index (χ1) is 14.3. The van der Waals surface area contributed by atoms with Crippen LogP contribution in [0.1, 0.15) is 76.0 Å². The molecule has 2 aliphatic rings. The second-order valence-electron chi connectivity index (χ2n) is 8.93. The van der Waals surface area contributed by atoms with Gasteiger partial charge in [0.25, 0.3) is 0 Å². The van der Waals surface area contributed by atoms with Gasteiger partial charge in [0.15, 0.2) is 0 Å². The van der Waals surface area contributed by atoms with Crippen LogP contribution in [0.3, 0.4) is 0 Å². The topological polar surface area (TPSA) is 55.4 Å². The molecule has 0 heterocycles. The van der Waals surface area contributed by atoms with Gasteiger partial charge in [-0.1, -0.05) is 62.6 Å². The molecule has 0 unspecified atom stereocenters. The summed E-state index contributed by atoms with van der Waals surface area (Å²) < 4.78 is 0. The van der Waals surface area contributed by atoms with Crippen LogP contribution in [-0.2, 0) is 10.2 Å². The first-order valence-electron chi connectivity index (χ1n) is 11.0. The Kier molecular flexibility index (Phi) is 6.91. The fourth-order valence-corrected chi connectivity index (χ4v) is 4.54. The maximum absolute atomic E-state index is 11.4. The molecule has 1 aromatic rings. The Morgan fingerprint density at radius 1 is 1.07 bits per heavy atom. The molecule has 1 aromatic carbocycles. The molecule has 0 aromatic heterocycles. The molecule has 3 rings (SSSR count). The summed E-state index contributed by atoms with van der Waals surface area (Å²) in [5, 5.41) is 0. The standard InChI is InChI=1S/C27H34N2O/c1-19-11-12-24(17-25(19)27(4)15-6-5-7-16-27)20(2)18-29-21(3)22-9-8-10-23(14-13-22)26(28)30/h9-14,17-18H,5-8,15-16H2,1-4H3,(H2,28,30)/b20-18+,29-21+. The van der Waals surface area contributed by atoms with Crippen molar-refractivity contribution in [2.24, 2.45) is 10.7 Å². The van der Waals surface area contributed by atoms with Crippen LogP contribution in [0.2, 0.25) is 0 Å². The average Bonchev–Trinajstić information content (AvgIpc) is 2.99. The summed E-state index contributed by atoms with van der Waals surface area (Å²) in [7, 11) is 0. The highest BCUT2D eigenvalue weighted by Gasteiger charge is 2.30. The van der Waals surface area contributed by atoms with Gasteiger partial charge >= 0.3 is 0 Å². The molecule has 0 saturated heterocycles. The van der Waals surface area contributed by atoms with Crippen molar-refractivity contribution < 1.29 is 4.79 Å². The molecular weight excluding hydrogens is 368 g/mol. The van der Waals surface area contributed by atoms with E-state index >= 15 is 0 Å². The summed E-state index contributed by atoms with van der Waals surface area (Å²) in [6.07, 6.45) is 16.8. The van der Waals surface area contributed by atoms with E-state index in [1.807, 2.05) is 25.3 Å². The number of rotatable bonds is 5. The van der Waals surface area contributed by atoms with Crippen LogP contribution in [-0.4, -0.2) is 11.6 Å². The zero-order valence-electron chi connectivity index (χ0n) is 18.8. The van der Waals surface area contributed by atoms with Crippen molar-refractivity contribution in [3.05, 3.63) is 76.5 Å². The summed E-state index contributed by atoms with van der Waals surface area (Å²) in [5.41, 5.74) is 13.4. The highest BCUT2D eigenvalue weighted by molar-refractivity contribution is 6.02. The second kappa shape index (κ2) is 9.42. The summed E-state index contributed by atoms with van der Waals surface area (Å²) in [4.78, 5) is 16.1. The quantitative estimate of drug-likeness (QED) is 0.574. The highest BCUT2D eigenvalue weighted by Crippen LogP contribution is 2.41. The summed E-state index contributed by atoms with van der Waals surface area (Å²) in [5.74, 6) is -0.395. The highest BCUT2D eigenvalue weighted by atomic mass is 16.1. The fourth-order valence-electron chi connectivity index (χ4n) is 4.54. The molecule has 30 heavy (non-hydrogen) atoms. The first kappa shape index (κ1) is 22.0. The van der Waals surface area contributed by atoms with Gasteiger partial charge in [-0.3, -0.25) is 9.79 Å². The molecule has 0 radical (unpaired) electrons. The van der Waals surface area contributed by atoms with E-state index in [1.54, 1.807) is 6.08 Å². The minimum atomic E-state index is -0.395. The fraction of sp³-hybridized carbons (Fsp3) is 0.407. The molecule has 0 aliphatic heterocycles. The van der Waals surface area contributed by atoms with Crippen molar-refractivity contribution in [2.75, 3.05) is 0 Å². The SMILES string of the molecule is C/C(=C\N=C(/C)C1=CCC=C(C(N)=O)C=C1)c1ccc(C)c(C2(C)CCCCC2)c1. The van der Waals surface area contributed by atoms with Crippen molar-refractivity contribution >= 4 is 17.2 Å². The number of carbonyl (C=O) groups is 1. The molecule has 1 saturated carbocycles. The lowest BCUT2D eigenvalue weighted by atomic mass is 9.69. The number of allylic oxidation sites excluding steroid dienone is 5. The minimum Gasteiger partial charge on any atom is -0.366 e. The molecule has 0 atom stereocenters. The van der Waals surface area contributed by atoms with E-state index in [2.05, 4.69) is 45.0 Å².